The average molecular weight is 284 g/mol. The molecule has 3 heteroatoms. The van der Waals surface area contributed by atoms with Crippen LogP contribution in [0.4, 0.5) is 0 Å². The molecular weight excluding hydrogens is 260 g/mol. The number of amides is 1. The Morgan fingerprint density at radius 3 is 2.57 bits per heavy atom. The van der Waals surface area contributed by atoms with E-state index < -0.39 is 0 Å². The second-order valence-corrected chi connectivity index (χ2v) is 6.53. The Bertz CT molecular complexity index is 533. The van der Waals surface area contributed by atoms with Crippen molar-refractivity contribution in [3.05, 3.63) is 35.4 Å². The van der Waals surface area contributed by atoms with E-state index in [4.69, 9.17) is 0 Å². The van der Waals surface area contributed by atoms with Gasteiger partial charge in [-0.1, -0.05) is 37.0 Å². The summed E-state index contributed by atoms with van der Waals surface area (Å²) in [5.74, 6) is 1.61. The van der Waals surface area contributed by atoms with Crippen LogP contribution in [0.3, 0.4) is 0 Å². The van der Waals surface area contributed by atoms with Crippen molar-refractivity contribution in [2.45, 2.75) is 51.9 Å². The van der Waals surface area contributed by atoms with Crippen LogP contribution in [-0.4, -0.2) is 11.6 Å². The fourth-order valence-electron chi connectivity index (χ4n) is 3.69. The standard InChI is InChI=1S/C18H24N2O/c1-13-6-8-15(9-7-13)18(21)20-19-17-11-10-14-4-2-3-5-16(14)12-17/h6-9,14,16H,2-5,10-12H2,1H3,(H,20,21)/b19-17-/t14-,16+/m1/s1. The zero-order chi connectivity index (χ0) is 14.7. The highest BCUT2D eigenvalue weighted by atomic mass is 16.2. The highest BCUT2D eigenvalue weighted by molar-refractivity contribution is 5.95. The number of carbonyl (C=O) groups is 1. The molecule has 112 valence electrons. The summed E-state index contributed by atoms with van der Waals surface area (Å²) in [6.45, 7) is 2.02. The lowest BCUT2D eigenvalue weighted by Gasteiger charge is -2.35. The van der Waals surface area contributed by atoms with Crippen LogP contribution in [0.5, 0.6) is 0 Å². The molecule has 2 saturated carbocycles. The topological polar surface area (TPSA) is 41.5 Å². The number of hydrazone groups is 1. The molecule has 0 radical (unpaired) electrons. The number of nitrogens with zero attached hydrogens (tertiary/aromatic N) is 1. The fraction of sp³-hybridized carbons (Fsp3) is 0.556. The molecule has 0 unspecified atom stereocenters. The second-order valence-electron chi connectivity index (χ2n) is 6.53. The molecule has 21 heavy (non-hydrogen) atoms. The van der Waals surface area contributed by atoms with E-state index in [1.54, 1.807) is 0 Å². The molecule has 0 heterocycles. The van der Waals surface area contributed by atoms with Gasteiger partial charge in [-0.25, -0.2) is 5.43 Å². The number of carbonyl (C=O) groups excluding carboxylic acids is 1. The number of hydrogen-bond donors (Lipinski definition) is 1. The highest BCUT2D eigenvalue weighted by Crippen LogP contribution is 2.39. The Hall–Kier alpha value is -1.64. The number of benzene rings is 1. The Morgan fingerprint density at radius 2 is 1.81 bits per heavy atom. The van der Waals surface area contributed by atoms with E-state index in [0.717, 1.165) is 30.2 Å². The van der Waals surface area contributed by atoms with Crippen LogP contribution in [0.2, 0.25) is 0 Å². The van der Waals surface area contributed by atoms with Crippen LogP contribution in [0, 0.1) is 18.8 Å². The molecule has 2 fully saturated rings. The Kier molecular flexibility index (Phi) is 4.37. The molecule has 2 atom stereocenters. The first-order chi connectivity index (χ1) is 10.2. The van der Waals surface area contributed by atoms with Gasteiger partial charge in [0.15, 0.2) is 0 Å². The second kappa shape index (κ2) is 6.42. The van der Waals surface area contributed by atoms with Crippen LogP contribution < -0.4 is 5.43 Å². The lowest BCUT2D eigenvalue weighted by Crippen LogP contribution is -2.29. The minimum atomic E-state index is -0.103. The number of hydrogen-bond acceptors (Lipinski definition) is 2. The maximum atomic E-state index is 12.1. The molecule has 0 aliphatic heterocycles. The van der Waals surface area contributed by atoms with Crippen LogP contribution in [0.1, 0.15) is 60.9 Å². The van der Waals surface area contributed by atoms with Gasteiger partial charge < -0.3 is 0 Å². The number of fused-ring (bicyclic) bond motifs is 1. The minimum Gasteiger partial charge on any atom is -0.267 e. The maximum Gasteiger partial charge on any atom is 0.271 e. The predicted octanol–water partition coefficient (Wildman–Crippen LogP) is 4.07. The van der Waals surface area contributed by atoms with Gasteiger partial charge in [0.05, 0.1) is 0 Å². The zero-order valence-corrected chi connectivity index (χ0v) is 12.8. The number of aryl methyl sites for hydroxylation is 1. The third kappa shape index (κ3) is 3.52. The van der Waals surface area contributed by atoms with Crippen molar-refractivity contribution in [1.29, 1.82) is 0 Å². The van der Waals surface area contributed by atoms with Crippen molar-refractivity contribution >= 4 is 11.6 Å². The third-order valence-corrected chi connectivity index (χ3v) is 5.00. The van der Waals surface area contributed by atoms with Gasteiger partial charge in [0.25, 0.3) is 5.91 Å². The van der Waals surface area contributed by atoms with Gasteiger partial charge in [0.1, 0.15) is 0 Å². The van der Waals surface area contributed by atoms with Gasteiger partial charge >= 0.3 is 0 Å². The Labute approximate surface area is 126 Å². The first-order valence-electron chi connectivity index (χ1n) is 8.15. The largest absolute Gasteiger partial charge is 0.271 e. The lowest BCUT2D eigenvalue weighted by molar-refractivity contribution is 0.0954. The normalized spacial score (nSPS) is 27.2. The minimum absolute atomic E-state index is 0.103. The molecule has 0 spiro atoms. The van der Waals surface area contributed by atoms with Gasteiger partial charge in [-0.15, -0.1) is 0 Å². The monoisotopic (exact) mass is 284 g/mol. The molecule has 0 saturated heterocycles. The maximum absolute atomic E-state index is 12.1. The lowest BCUT2D eigenvalue weighted by atomic mass is 9.70. The van der Waals surface area contributed by atoms with E-state index in [-0.39, 0.29) is 5.91 Å². The van der Waals surface area contributed by atoms with Gasteiger partial charge in [-0.2, -0.15) is 5.10 Å². The predicted molar refractivity (Wildman–Crippen MR) is 85.4 cm³/mol. The van der Waals surface area contributed by atoms with E-state index in [9.17, 15) is 4.79 Å². The molecule has 3 rings (SSSR count). The number of rotatable bonds is 2. The molecule has 0 bridgehead atoms. The van der Waals surface area contributed by atoms with E-state index in [2.05, 4.69) is 10.5 Å². The van der Waals surface area contributed by atoms with E-state index >= 15 is 0 Å². The van der Waals surface area contributed by atoms with Crippen molar-refractivity contribution in [1.82, 2.24) is 5.43 Å². The summed E-state index contributed by atoms with van der Waals surface area (Å²) < 4.78 is 0. The van der Waals surface area contributed by atoms with Crippen LogP contribution in [-0.2, 0) is 0 Å². The van der Waals surface area contributed by atoms with Crippen LogP contribution >= 0.6 is 0 Å². The molecule has 1 N–H and O–H groups in total. The average Bonchev–Trinajstić information content (AvgIpc) is 2.53. The smallest absolute Gasteiger partial charge is 0.267 e. The molecule has 2 aliphatic carbocycles. The van der Waals surface area contributed by atoms with Crippen molar-refractivity contribution in [3.8, 4) is 0 Å². The Balaban J connectivity index is 1.58. The molecule has 1 aromatic carbocycles. The van der Waals surface area contributed by atoms with E-state index in [0.29, 0.717) is 5.56 Å². The van der Waals surface area contributed by atoms with Gasteiger partial charge in [0, 0.05) is 11.3 Å². The van der Waals surface area contributed by atoms with E-state index in [1.807, 2.05) is 31.2 Å². The summed E-state index contributed by atoms with van der Waals surface area (Å²) in [6.07, 6.45) is 8.89. The molecular formula is C18H24N2O. The van der Waals surface area contributed by atoms with Gasteiger partial charge in [-0.05, 0) is 56.6 Å². The van der Waals surface area contributed by atoms with Crippen molar-refractivity contribution in [2.24, 2.45) is 16.9 Å². The Morgan fingerprint density at radius 1 is 1.10 bits per heavy atom. The van der Waals surface area contributed by atoms with Crippen LogP contribution in [0.25, 0.3) is 0 Å². The first kappa shape index (κ1) is 14.3. The number of nitrogens with one attached hydrogen (secondary N) is 1. The zero-order valence-electron chi connectivity index (χ0n) is 12.8. The van der Waals surface area contributed by atoms with Gasteiger partial charge in [-0.3, -0.25) is 4.79 Å². The summed E-state index contributed by atoms with van der Waals surface area (Å²) in [6, 6.07) is 7.61. The van der Waals surface area contributed by atoms with Crippen molar-refractivity contribution in [2.75, 3.05) is 0 Å². The quantitative estimate of drug-likeness (QED) is 0.817. The summed E-state index contributed by atoms with van der Waals surface area (Å²) in [5, 5.41) is 4.39. The van der Waals surface area contributed by atoms with Gasteiger partial charge in [0.2, 0.25) is 0 Å². The van der Waals surface area contributed by atoms with Crippen molar-refractivity contribution < 1.29 is 4.79 Å². The summed E-state index contributed by atoms with van der Waals surface area (Å²) in [7, 11) is 0. The summed E-state index contributed by atoms with van der Waals surface area (Å²) in [5.41, 5.74) is 5.75. The van der Waals surface area contributed by atoms with Crippen LogP contribution in [0.15, 0.2) is 29.4 Å². The molecule has 2 aliphatic rings. The molecule has 1 amide bonds. The SMILES string of the molecule is Cc1ccc(C(=O)N/N=C2/CC[C@H]3CCCC[C@H]3C2)cc1. The molecule has 3 nitrogen and oxygen atoms in total. The molecule has 0 aromatic heterocycles. The summed E-state index contributed by atoms with van der Waals surface area (Å²) in [4.78, 5) is 12.1. The van der Waals surface area contributed by atoms with E-state index in [1.165, 1.54) is 37.8 Å². The first-order valence-corrected chi connectivity index (χ1v) is 8.15. The van der Waals surface area contributed by atoms with Crippen molar-refractivity contribution in [3.63, 3.8) is 0 Å². The summed E-state index contributed by atoms with van der Waals surface area (Å²) >= 11 is 0. The molecule has 1 aromatic rings. The fourth-order valence-corrected chi connectivity index (χ4v) is 3.69. The highest BCUT2D eigenvalue weighted by Gasteiger charge is 2.30. The third-order valence-electron chi connectivity index (χ3n) is 5.00.